The van der Waals surface area contributed by atoms with Crippen LogP contribution in [-0.2, 0) is 32.7 Å². The maximum absolute atomic E-state index is 12.6. The molecule has 10 heteroatoms. The highest BCUT2D eigenvalue weighted by atomic mass is 31.2. The van der Waals surface area contributed by atoms with Crippen LogP contribution in [0, 0.1) is 0 Å². The molecule has 2 atom stereocenters. The van der Waals surface area contributed by atoms with Crippen LogP contribution in [0.2, 0.25) is 0 Å². The maximum atomic E-state index is 12.6. The van der Waals surface area contributed by atoms with Gasteiger partial charge in [-0.1, -0.05) is 127 Å². The summed E-state index contributed by atoms with van der Waals surface area (Å²) < 4.78 is 33.8. The summed E-state index contributed by atoms with van der Waals surface area (Å²) in [6.07, 6.45) is 39.9. The third-order valence-corrected chi connectivity index (χ3v) is 9.56. The lowest BCUT2D eigenvalue weighted by Gasteiger charge is -2.28. The van der Waals surface area contributed by atoms with Crippen LogP contribution in [0.5, 0.6) is 0 Å². The molecule has 0 saturated heterocycles. The van der Waals surface area contributed by atoms with Gasteiger partial charge in [0.1, 0.15) is 19.8 Å². The van der Waals surface area contributed by atoms with E-state index in [0.717, 1.165) is 77.0 Å². The van der Waals surface area contributed by atoms with Crippen LogP contribution in [0.4, 0.5) is 0 Å². The quantitative estimate of drug-likeness (QED) is 0.0153. The molecule has 0 aliphatic heterocycles. The third kappa shape index (κ3) is 39.5. The van der Waals surface area contributed by atoms with Crippen molar-refractivity contribution < 1.29 is 42.1 Å². The summed E-state index contributed by atoms with van der Waals surface area (Å²) in [5.74, 6) is -0.872. The van der Waals surface area contributed by atoms with Gasteiger partial charge in [0.05, 0.1) is 27.7 Å². The summed E-state index contributed by atoms with van der Waals surface area (Å²) in [7, 11) is 1.14. The number of esters is 2. The highest BCUT2D eigenvalue weighted by Crippen LogP contribution is 2.38. The molecule has 0 rings (SSSR count). The first-order valence-corrected chi connectivity index (χ1v) is 22.3. The highest BCUT2D eigenvalue weighted by molar-refractivity contribution is 7.45. The number of phosphoric ester groups is 1. The second kappa shape index (κ2) is 35.7. The number of rotatable bonds is 37. The minimum atomic E-state index is -4.63. The largest absolute Gasteiger partial charge is 0.756 e. The first-order chi connectivity index (χ1) is 25.5. The summed E-state index contributed by atoms with van der Waals surface area (Å²) in [4.78, 5) is 37.4. The minimum absolute atomic E-state index is 0.0380. The minimum Gasteiger partial charge on any atom is -0.756 e. The molecule has 0 amide bonds. The second-order valence-corrected chi connectivity index (χ2v) is 16.4. The van der Waals surface area contributed by atoms with Gasteiger partial charge in [-0.15, -0.1) is 0 Å². The first kappa shape index (κ1) is 51.0. The molecule has 0 saturated carbocycles. The van der Waals surface area contributed by atoms with E-state index in [1.807, 2.05) is 21.1 Å². The fourth-order valence-corrected chi connectivity index (χ4v) is 5.99. The summed E-state index contributed by atoms with van der Waals surface area (Å²) >= 11 is 0. The van der Waals surface area contributed by atoms with E-state index in [-0.39, 0.29) is 26.1 Å². The van der Waals surface area contributed by atoms with Gasteiger partial charge in [0.25, 0.3) is 7.82 Å². The zero-order valence-corrected chi connectivity index (χ0v) is 35.3. The van der Waals surface area contributed by atoms with Crippen LogP contribution in [0.1, 0.15) is 162 Å². The van der Waals surface area contributed by atoms with Crippen molar-refractivity contribution in [3.8, 4) is 0 Å². The molecule has 0 aliphatic carbocycles. The van der Waals surface area contributed by atoms with Crippen molar-refractivity contribution in [1.29, 1.82) is 0 Å². The molecular formula is C43H78NO8P. The number of carbonyl (C=O) groups excluding carboxylic acids is 2. The molecule has 0 aliphatic rings. The molecule has 308 valence electrons. The maximum Gasteiger partial charge on any atom is 0.306 e. The van der Waals surface area contributed by atoms with Crippen molar-refractivity contribution in [3.05, 3.63) is 48.6 Å². The van der Waals surface area contributed by atoms with Gasteiger partial charge in [-0.25, -0.2) is 0 Å². The van der Waals surface area contributed by atoms with Gasteiger partial charge < -0.3 is 27.9 Å². The number of unbranched alkanes of at least 4 members (excludes halogenated alkanes) is 16. The molecule has 53 heavy (non-hydrogen) atoms. The number of hydrogen-bond acceptors (Lipinski definition) is 8. The second-order valence-electron chi connectivity index (χ2n) is 15.0. The summed E-state index contributed by atoms with van der Waals surface area (Å²) in [6, 6.07) is 0. The van der Waals surface area contributed by atoms with E-state index in [2.05, 4.69) is 62.5 Å². The van der Waals surface area contributed by atoms with Gasteiger partial charge >= 0.3 is 11.9 Å². The van der Waals surface area contributed by atoms with Gasteiger partial charge in [0.2, 0.25) is 0 Å². The van der Waals surface area contributed by atoms with E-state index in [0.29, 0.717) is 23.9 Å². The lowest BCUT2D eigenvalue weighted by molar-refractivity contribution is -0.870. The van der Waals surface area contributed by atoms with Crippen molar-refractivity contribution in [1.82, 2.24) is 0 Å². The van der Waals surface area contributed by atoms with E-state index in [9.17, 15) is 19.0 Å². The van der Waals surface area contributed by atoms with Crippen LogP contribution >= 0.6 is 7.82 Å². The van der Waals surface area contributed by atoms with Gasteiger partial charge in [0, 0.05) is 12.8 Å². The Hall–Kier alpha value is -2.03. The molecule has 0 bridgehead atoms. The molecule has 9 nitrogen and oxygen atoms in total. The molecule has 0 aromatic carbocycles. The number of ether oxygens (including phenoxy) is 2. The Balaban J connectivity index is 4.45. The van der Waals surface area contributed by atoms with Crippen molar-refractivity contribution >= 4 is 19.8 Å². The molecule has 1 unspecified atom stereocenters. The van der Waals surface area contributed by atoms with E-state index < -0.39 is 32.5 Å². The average Bonchev–Trinajstić information content (AvgIpc) is 3.10. The average molecular weight is 768 g/mol. The Labute approximate surface area is 324 Å². The Bertz CT molecular complexity index is 1050. The Kier molecular flexibility index (Phi) is 34.3. The zero-order chi connectivity index (χ0) is 39.3. The van der Waals surface area contributed by atoms with E-state index in [4.69, 9.17) is 18.5 Å². The van der Waals surface area contributed by atoms with Crippen molar-refractivity contribution in [3.63, 3.8) is 0 Å². The van der Waals surface area contributed by atoms with Crippen LogP contribution in [0.15, 0.2) is 48.6 Å². The molecule has 0 spiro atoms. The summed E-state index contributed by atoms with van der Waals surface area (Å²) in [5, 5.41) is 0. The van der Waals surface area contributed by atoms with Crippen LogP contribution in [0.3, 0.4) is 0 Å². The van der Waals surface area contributed by atoms with Gasteiger partial charge in [0.15, 0.2) is 6.10 Å². The molecule has 0 aromatic heterocycles. The lowest BCUT2D eigenvalue weighted by Crippen LogP contribution is -2.37. The van der Waals surface area contributed by atoms with Crippen LogP contribution in [0.25, 0.3) is 0 Å². The highest BCUT2D eigenvalue weighted by Gasteiger charge is 2.21. The normalized spacial score (nSPS) is 14.2. The van der Waals surface area contributed by atoms with E-state index in [1.54, 1.807) is 0 Å². The van der Waals surface area contributed by atoms with Crippen LogP contribution in [-0.4, -0.2) is 70.0 Å². The number of likely N-dealkylation sites (N-methyl/N-ethyl adjacent to an activating group) is 1. The monoisotopic (exact) mass is 768 g/mol. The number of carbonyl (C=O) groups is 2. The number of nitrogens with zero attached hydrogens (tertiary/aromatic N) is 1. The molecular weight excluding hydrogens is 689 g/mol. The smallest absolute Gasteiger partial charge is 0.306 e. The van der Waals surface area contributed by atoms with E-state index >= 15 is 0 Å². The number of hydrogen-bond donors (Lipinski definition) is 0. The van der Waals surface area contributed by atoms with Crippen molar-refractivity contribution in [2.24, 2.45) is 0 Å². The van der Waals surface area contributed by atoms with Gasteiger partial charge in [-0.05, 0) is 70.6 Å². The number of quaternary nitrogens is 1. The molecule has 0 fully saturated rings. The Morgan fingerprint density at radius 2 is 1.08 bits per heavy atom. The predicted molar refractivity (Wildman–Crippen MR) is 217 cm³/mol. The summed E-state index contributed by atoms with van der Waals surface area (Å²) in [6.45, 7) is 4.12. The number of phosphoric acid groups is 1. The Morgan fingerprint density at radius 1 is 0.604 bits per heavy atom. The van der Waals surface area contributed by atoms with E-state index in [1.165, 1.54) is 44.9 Å². The van der Waals surface area contributed by atoms with Crippen molar-refractivity contribution in [2.45, 2.75) is 168 Å². The molecule has 0 N–H and O–H groups in total. The van der Waals surface area contributed by atoms with Crippen molar-refractivity contribution in [2.75, 3.05) is 47.5 Å². The fourth-order valence-electron chi connectivity index (χ4n) is 5.26. The predicted octanol–water partition coefficient (Wildman–Crippen LogP) is 10.9. The zero-order valence-electron chi connectivity index (χ0n) is 34.4. The van der Waals surface area contributed by atoms with Gasteiger partial charge in [-0.2, -0.15) is 0 Å². The third-order valence-electron chi connectivity index (χ3n) is 8.60. The van der Waals surface area contributed by atoms with Gasteiger partial charge in [-0.3, -0.25) is 14.2 Å². The molecule has 0 heterocycles. The fraction of sp³-hybridized carbons (Fsp3) is 0.767. The topological polar surface area (TPSA) is 111 Å². The molecule has 0 aromatic rings. The standard InChI is InChI=1S/C43H78NO8P/c1-6-8-10-12-14-16-18-20-22-24-25-27-29-31-33-35-42(45)49-39-41(40-51-53(47,48)50-38-37-44(3,4)5)52-43(46)36-34-32-30-28-26-23-21-19-17-15-13-11-9-7-2/h14-17,19-22,41H,6-13,18,23-40H2,1-5H3/b16-14+,17-15+,21-19-,22-20-/t41-/m1/s1. The summed E-state index contributed by atoms with van der Waals surface area (Å²) in [5.41, 5.74) is 0. The lowest BCUT2D eigenvalue weighted by atomic mass is 10.1. The number of allylic oxidation sites excluding steroid dienone is 8. The van der Waals surface area contributed by atoms with Crippen LogP contribution < -0.4 is 4.89 Å². The SMILES string of the molecule is CCCCC/C=C/C=C\CCCCCCCC(=O)O[C@H](COC(=O)CCCCCCC/C=C\C/C=C/CCCCC)COP(=O)([O-])OCC[N+](C)(C)C. The Morgan fingerprint density at radius 3 is 1.60 bits per heavy atom. The first-order valence-electron chi connectivity index (χ1n) is 20.9. The molecule has 0 radical (unpaired) electrons.